The number of benzene rings is 2. The van der Waals surface area contributed by atoms with E-state index in [4.69, 9.17) is 0 Å². The summed E-state index contributed by atoms with van der Waals surface area (Å²) in [7, 11) is 0. The molecule has 0 fully saturated rings. The number of phenols is 1. The molecule has 1 aliphatic carbocycles. The first-order valence-electron chi connectivity index (χ1n) is 7.49. The zero-order valence-corrected chi connectivity index (χ0v) is 12.0. The van der Waals surface area contributed by atoms with Gasteiger partial charge in [-0.05, 0) is 48.1 Å². The lowest BCUT2D eigenvalue weighted by atomic mass is 9.88. The van der Waals surface area contributed by atoms with E-state index >= 15 is 0 Å². The van der Waals surface area contributed by atoms with Gasteiger partial charge in [0, 0.05) is 12.6 Å². The van der Waals surface area contributed by atoms with Crippen LogP contribution in [0.3, 0.4) is 0 Å². The maximum Gasteiger partial charge on any atom is 0.115 e. The van der Waals surface area contributed by atoms with Crippen molar-refractivity contribution in [1.29, 1.82) is 0 Å². The number of aromatic hydroxyl groups is 1. The van der Waals surface area contributed by atoms with Gasteiger partial charge < -0.3 is 15.5 Å². The Bertz CT molecular complexity index is 597. The molecule has 3 N–H and O–H groups in total. The summed E-state index contributed by atoms with van der Waals surface area (Å²) in [6.45, 7) is 0.558. The van der Waals surface area contributed by atoms with E-state index in [-0.39, 0.29) is 0 Å². The smallest absolute Gasteiger partial charge is 0.115 e. The summed E-state index contributed by atoms with van der Waals surface area (Å²) in [4.78, 5) is 0. The van der Waals surface area contributed by atoms with Gasteiger partial charge in [0.15, 0.2) is 0 Å². The number of aryl methyl sites for hydroxylation is 1. The van der Waals surface area contributed by atoms with E-state index in [9.17, 15) is 10.2 Å². The molecule has 110 valence electrons. The van der Waals surface area contributed by atoms with Crippen LogP contribution in [0.5, 0.6) is 5.75 Å². The third kappa shape index (κ3) is 3.43. The van der Waals surface area contributed by atoms with Gasteiger partial charge in [0.25, 0.3) is 0 Å². The lowest BCUT2D eigenvalue weighted by Crippen LogP contribution is -2.37. The SMILES string of the molecule is Oc1ccc2c(c1)C[C@H](NC[C@H](O)c1ccccc1)CC2. The van der Waals surface area contributed by atoms with Crippen molar-refractivity contribution in [2.45, 2.75) is 31.4 Å². The Labute approximate surface area is 125 Å². The molecule has 3 nitrogen and oxygen atoms in total. The quantitative estimate of drug-likeness (QED) is 0.808. The highest BCUT2D eigenvalue weighted by Gasteiger charge is 2.19. The van der Waals surface area contributed by atoms with Crippen LogP contribution in [0.15, 0.2) is 48.5 Å². The lowest BCUT2D eigenvalue weighted by Gasteiger charge is -2.26. The van der Waals surface area contributed by atoms with Crippen LogP contribution in [-0.4, -0.2) is 22.8 Å². The van der Waals surface area contributed by atoms with Gasteiger partial charge in [-0.2, -0.15) is 0 Å². The first kappa shape index (κ1) is 14.1. The number of hydrogen-bond donors (Lipinski definition) is 3. The largest absolute Gasteiger partial charge is 0.508 e. The maximum absolute atomic E-state index is 10.2. The molecule has 0 radical (unpaired) electrons. The Kier molecular flexibility index (Phi) is 4.23. The minimum absolute atomic E-state index is 0.332. The Hall–Kier alpha value is -1.84. The fourth-order valence-electron chi connectivity index (χ4n) is 2.99. The van der Waals surface area contributed by atoms with Crippen LogP contribution in [0.1, 0.15) is 29.2 Å². The summed E-state index contributed by atoms with van der Waals surface area (Å²) in [5, 5.41) is 23.2. The standard InChI is InChI=1S/C18H21NO2/c20-17-9-7-13-6-8-16(10-15(13)11-17)19-12-18(21)14-4-2-1-3-5-14/h1-5,7,9,11,16,18-21H,6,8,10,12H2/t16-,18+/m1/s1. The molecule has 0 saturated heterocycles. The van der Waals surface area contributed by atoms with Gasteiger partial charge in [-0.1, -0.05) is 36.4 Å². The molecule has 3 heteroatoms. The van der Waals surface area contributed by atoms with Crippen LogP contribution in [0.25, 0.3) is 0 Å². The molecule has 2 aromatic rings. The van der Waals surface area contributed by atoms with Gasteiger partial charge in [0.1, 0.15) is 5.75 Å². The minimum atomic E-state index is -0.475. The van der Waals surface area contributed by atoms with E-state index in [0.717, 1.165) is 24.8 Å². The number of hydrogen-bond acceptors (Lipinski definition) is 3. The van der Waals surface area contributed by atoms with Crippen molar-refractivity contribution in [1.82, 2.24) is 5.32 Å². The van der Waals surface area contributed by atoms with Gasteiger partial charge in [-0.25, -0.2) is 0 Å². The molecule has 3 rings (SSSR count). The number of nitrogens with one attached hydrogen (secondary N) is 1. The zero-order chi connectivity index (χ0) is 14.7. The highest BCUT2D eigenvalue weighted by molar-refractivity contribution is 5.37. The predicted octanol–water partition coefficient (Wildman–Crippen LogP) is 2.57. The average molecular weight is 283 g/mol. The molecular formula is C18H21NO2. The Morgan fingerprint density at radius 3 is 2.71 bits per heavy atom. The molecule has 0 aliphatic heterocycles. The molecular weight excluding hydrogens is 262 g/mol. The van der Waals surface area contributed by atoms with Gasteiger partial charge in [0.2, 0.25) is 0 Å². The van der Waals surface area contributed by atoms with Crippen LogP contribution >= 0.6 is 0 Å². The highest BCUT2D eigenvalue weighted by atomic mass is 16.3. The molecule has 2 aromatic carbocycles. The van der Waals surface area contributed by atoms with Crippen LogP contribution in [-0.2, 0) is 12.8 Å². The Morgan fingerprint density at radius 2 is 1.90 bits per heavy atom. The van der Waals surface area contributed by atoms with Crippen molar-refractivity contribution in [3.05, 3.63) is 65.2 Å². The molecule has 0 saturated carbocycles. The fraction of sp³-hybridized carbons (Fsp3) is 0.333. The van der Waals surface area contributed by atoms with E-state index in [1.807, 2.05) is 42.5 Å². The van der Waals surface area contributed by atoms with E-state index in [0.29, 0.717) is 18.3 Å². The fourth-order valence-corrected chi connectivity index (χ4v) is 2.99. The van der Waals surface area contributed by atoms with Crippen molar-refractivity contribution >= 4 is 0 Å². The molecule has 0 heterocycles. The van der Waals surface area contributed by atoms with Crippen LogP contribution in [0, 0.1) is 0 Å². The second kappa shape index (κ2) is 6.29. The molecule has 0 aromatic heterocycles. The molecule has 0 bridgehead atoms. The predicted molar refractivity (Wildman–Crippen MR) is 83.3 cm³/mol. The van der Waals surface area contributed by atoms with Crippen molar-refractivity contribution in [3.63, 3.8) is 0 Å². The summed E-state index contributed by atoms with van der Waals surface area (Å²) in [6.07, 6.45) is 2.52. The molecule has 0 spiro atoms. The van der Waals surface area contributed by atoms with Gasteiger partial charge in [0.05, 0.1) is 6.10 Å². The van der Waals surface area contributed by atoms with E-state index < -0.39 is 6.10 Å². The molecule has 21 heavy (non-hydrogen) atoms. The first-order valence-corrected chi connectivity index (χ1v) is 7.49. The molecule has 0 unspecified atom stereocenters. The molecule has 2 atom stereocenters. The third-order valence-corrected chi connectivity index (χ3v) is 4.20. The maximum atomic E-state index is 10.2. The Morgan fingerprint density at radius 1 is 1.10 bits per heavy atom. The lowest BCUT2D eigenvalue weighted by molar-refractivity contribution is 0.168. The molecule has 0 amide bonds. The zero-order valence-electron chi connectivity index (χ0n) is 12.0. The summed E-state index contributed by atoms with van der Waals surface area (Å²) in [5.41, 5.74) is 3.49. The summed E-state index contributed by atoms with van der Waals surface area (Å²) >= 11 is 0. The monoisotopic (exact) mass is 283 g/mol. The normalized spacial score (nSPS) is 19.0. The first-order chi connectivity index (χ1) is 10.2. The van der Waals surface area contributed by atoms with Crippen molar-refractivity contribution in [2.24, 2.45) is 0 Å². The number of aliphatic hydroxyl groups is 1. The van der Waals surface area contributed by atoms with Crippen molar-refractivity contribution < 1.29 is 10.2 Å². The topological polar surface area (TPSA) is 52.5 Å². The summed E-state index contributed by atoms with van der Waals surface area (Å²) in [5.74, 6) is 0.332. The number of fused-ring (bicyclic) bond motifs is 1. The summed E-state index contributed by atoms with van der Waals surface area (Å²) in [6, 6.07) is 15.7. The highest BCUT2D eigenvalue weighted by Crippen LogP contribution is 2.25. The number of phenolic OH excluding ortho intramolecular Hbond substituents is 1. The van der Waals surface area contributed by atoms with Crippen LogP contribution in [0.2, 0.25) is 0 Å². The van der Waals surface area contributed by atoms with Gasteiger partial charge >= 0.3 is 0 Å². The van der Waals surface area contributed by atoms with Crippen LogP contribution < -0.4 is 5.32 Å². The van der Waals surface area contributed by atoms with Crippen molar-refractivity contribution in [2.75, 3.05) is 6.54 Å². The van der Waals surface area contributed by atoms with Crippen molar-refractivity contribution in [3.8, 4) is 5.75 Å². The van der Waals surface area contributed by atoms with E-state index in [1.165, 1.54) is 11.1 Å². The van der Waals surface area contributed by atoms with Gasteiger partial charge in [-0.15, -0.1) is 0 Å². The summed E-state index contributed by atoms with van der Waals surface area (Å²) < 4.78 is 0. The van der Waals surface area contributed by atoms with Gasteiger partial charge in [-0.3, -0.25) is 0 Å². The molecule has 1 aliphatic rings. The minimum Gasteiger partial charge on any atom is -0.508 e. The van der Waals surface area contributed by atoms with Crippen LogP contribution in [0.4, 0.5) is 0 Å². The average Bonchev–Trinajstić information content (AvgIpc) is 2.53. The third-order valence-electron chi connectivity index (χ3n) is 4.20. The second-order valence-corrected chi connectivity index (χ2v) is 5.73. The Balaban J connectivity index is 1.58. The van der Waals surface area contributed by atoms with E-state index in [2.05, 4.69) is 5.32 Å². The second-order valence-electron chi connectivity index (χ2n) is 5.73. The number of rotatable bonds is 4. The van der Waals surface area contributed by atoms with E-state index in [1.54, 1.807) is 6.07 Å². The number of aliphatic hydroxyl groups excluding tert-OH is 1.